The zero-order valence-electron chi connectivity index (χ0n) is 13.4. The van der Waals surface area contributed by atoms with Crippen molar-refractivity contribution in [1.82, 2.24) is 24.2 Å². The average molecular weight is 366 g/mol. The van der Waals surface area contributed by atoms with Crippen molar-refractivity contribution >= 4 is 17.5 Å². The summed E-state index contributed by atoms with van der Waals surface area (Å²) < 4.78 is 15.8. The van der Waals surface area contributed by atoms with Crippen LogP contribution in [0.4, 0.5) is 4.39 Å². The molecule has 1 amide bonds. The van der Waals surface area contributed by atoms with Gasteiger partial charge in [-0.2, -0.15) is 5.10 Å². The van der Waals surface area contributed by atoms with E-state index in [1.807, 2.05) is 0 Å². The van der Waals surface area contributed by atoms with Crippen LogP contribution >= 0.6 is 11.6 Å². The van der Waals surface area contributed by atoms with Gasteiger partial charge in [-0.1, -0.05) is 11.6 Å². The Balaban J connectivity index is 1.64. The number of amides is 1. The smallest absolute Gasteiger partial charge is 0.335 e. The van der Waals surface area contributed by atoms with E-state index in [0.717, 1.165) is 6.42 Å². The summed E-state index contributed by atoms with van der Waals surface area (Å²) >= 11 is 6.11. The van der Waals surface area contributed by atoms with Crippen molar-refractivity contribution in [3.63, 3.8) is 0 Å². The Hall–Kier alpha value is -2.22. The first-order valence-corrected chi connectivity index (χ1v) is 8.63. The second-order valence-electron chi connectivity index (χ2n) is 6.41. The van der Waals surface area contributed by atoms with Gasteiger partial charge in [-0.05, 0) is 25.0 Å². The predicted octanol–water partition coefficient (Wildman–Crippen LogP) is 1.20. The van der Waals surface area contributed by atoms with Gasteiger partial charge in [0.15, 0.2) is 0 Å². The van der Waals surface area contributed by atoms with Crippen LogP contribution in [0.5, 0.6) is 0 Å². The molecule has 4 heterocycles. The van der Waals surface area contributed by atoms with Crippen molar-refractivity contribution in [3.8, 4) is 0 Å². The third-order valence-corrected chi connectivity index (χ3v) is 5.04. The van der Waals surface area contributed by atoms with Gasteiger partial charge in [0, 0.05) is 12.6 Å². The van der Waals surface area contributed by atoms with Crippen molar-refractivity contribution in [2.75, 3.05) is 13.1 Å². The molecule has 9 heteroatoms. The SMILES string of the molecule is O=C([C@@H]1CCCc2nn(Cc3ncccc3Cl)c(=O)n21)N1CC(F)C1. The van der Waals surface area contributed by atoms with E-state index in [1.165, 1.54) is 14.1 Å². The molecule has 0 aliphatic carbocycles. The van der Waals surface area contributed by atoms with E-state index >= 15 is 0 Å². The molecular formula is C16H17ClFN5O2. The molecule has 25 heavy (non-hydrogen) atoms. The van der Waals surface area contributed by atoms with Crippen LogP contribution in [0.3, 0.4) is 0 Å². The van der Waals surface area contributed by atoms with Crippen LogP contribution in [-0.2, 0) is 17.8 Å². The van der Waals surface area contributed by atoms with Gasteiger partial charge in [0.05, 0.1) is 30.4 Å². The fourth-order valence-corrected chi connectivity index (χ4v) is 3.54. The Morgan fingerprint density at radius 2 is 2.20 bits per heavy atom. The van der Waals surface area contributed by atoms with E-state index in [1.54, 1.807) is 18.3 Å². The van der Waals surface area contributed by atoms with Gasteiger partial charge >= 0.3 is 5.69 Å². The summed E-state index contributed by atoms with van der Waals surface area (Å²) in [6.45, 7) is 0.365. The maximum atomic E-state index is 13.1. The molecule has 7 nitrogen and oxygen atoms in total. The van der Waals surface area contributed by atoms with Crippen molar-refractivity contribution in [1.29, 1.82) is 0 Å². The summed E-state index contributed by atoms with van der Waals surface area (Å²) in [5.41, 5.74) is 0.194. The number of carbonyl (C=O) groups excluding carboxylic acids is 1. The van der Waals surface area contributed by atoms with E-state index in [4.69, 9.17) is 11.6 Å². The highest BCUT2D eigenvalue weighted by Crippen LogP contribution is 2.26. The normalized spacial score (nSPS) is 20.2. The van der Waals surface area contributed by atoms with E-state index in [0.29, 0.717) is 29.4 Å². The Labute approximate surface area is 148 Å². The summed E-state index contributed by atoms with van der Waals surface area (Å²) in [4.78, 5) is 31.0. The number of halogens is 2. The van der Waals surface area contributed by atoms with Gasteiger partial charge in [-0.3, -0.25) is 14.3 Å². The number of carbonyl (C=O) groups is 1. The first kappa shape index (κ1) is 16.3. The van der Waals surface area contributed by atoms with Crippen molar-refractivity contribution < 1.29 is 9.18 Å². The van der Waals surface area contributed by atoms with Crippen LogP contribution in [-0.4, -0.2) is 49.4 Å². The number of aryl methyl sites for hydroxylation is 1. The van der Waals surface area contributed by atoms with Gasteiger partial charge in [0.25, 0.3) is 0 Å². The molecule has 1 saturated heterocycles. The van der Waals surface area contributed by atoms with E-state index in [-0.39, 0.29) is 31.2 Å². The molecule has 0 aromatic carbocycles. The highest BCUT2D eigenvalue weighted by molar-refractivity contribution is 6.31. The summed E-state index contributed by atoms with van der Waals surface area (Å²) in [6, 6.07) is 2.82. The monoisotopic (exact) mass is 365 g/mol. The summed E-state index contributed by atoms with van der Waals surface area (Å²) in [6.07, 6.45) is 2.61. The van der Waals surface area contributed by atoms with Gasteiger partial charge in [-0.25, -0.2) is 13.9 Å². The maximum Gasteiger partial charge on any atom is 0.347 e. The highest BCUT2D eigenvalue weighted by atomic mass is 35.5. The Bertz CT molecular complexity index is 874. The molecule has 2 aromatic heterocycles. The van der Waals surface area contributed by atoms with Gasteiger partial charge in [-0.15, -0.1) is 0 Å². The maximum absolute atomic E-state index is 13.1. The minimum atomic E-state index is -0.960. The van der Waals surface area contributed by atoms with Crippen LogP contribution in [0.15, 0.2) is 23.1 Å². The van der Waals surface area contributed by atoms with Crippen molar-refractivity contribution in [3.05, 3.63) is 45.4 Å². The zero-order chi connectivity index (χ0) is 17.6. The second-order valence-corrected chi connectivity index (χ2v) is 6.81. The molecule has 0 spiro atoms. The first-order chi connectivity index (χ1) is 12.0. The van der Waals surface area contributed by atoms with Gasteiger partial charge in [0.2, 0.25) is 5.91 Å². The molecule has 0 saturated carbocycles. The standard InChI is InChI=1S/C16H17ClFN5O2/c17-11-3-2-6-19-12(11)9-22-16(25)23-13(4-1-5-14(23)20-22)15(24)21-7-10(18)8-21/h2-3,6,10,13H,1,4-5,7-9H2/t13-/m0/s1. The summed E-state index contributed by atoms with van der Waals surface area (Å²) in [5, 5.41) is 4.82. The Morgan fingerprint density at radius 1 is 1.40 bits per heavy atom. The third kappa shape index (κ3) is 2.84. The number of rotatable bonds is 3. The lowest BCUT2D eigenvalue weighted by atomic mass is 10.0. The molecule has 2 aromatic rings. The van der Waals surface area contributed by atoms with Crippen LogP contribution in [0.1, 0.15) is 30.4 Å². The number of hydrogen-bond acceptors (Lipinski definition) is 4. The minimum absolute atomic E-state index is 0.108. The molecule has 1 fully saturated rings. The molecule has 0 bridgehead atoms. The van der Waals surface area contributed by atoms with E-state index < -0.39 is 12.2 Å². The van der Waals surface area contributed by atoms with Crippen LogP contribution in [0.2, 0.25) is 5.02 Å². The molecule has 1 atom stereocenters. The molecule has 0 N–H and O–H groups in total. The number of pyridine rings is 1. The predicted molar refractivity (Wildman–Crippen MR) is 88.3 cm³/mol. The Morgan fingerprint density at radius 3 is 2.92 bits per heavy atom. The largest absolute Gasteiger partial charge is 0.347 e. The topological polar surface area (TPSA) is 73.0 Å². The summed E-state index contributed by atoms with van der Waals surface area (Å²) in [7, 11) is 0. The molecule has 132 valence electrons. The average Bonchev–Trinajstić information content (AvgIpc) is 2.90. The van der Waals surface area contributed by atoms with Crippen LogP contribution in [0.25, 0.3) is 0 Å². The Kier molecular flexibility index (Phi) is 4.07. The number of aromatic nitrogens is 4. The highest BCUT2D eigenvalue weighted by Gasteiger charge is 2.38. The third-order valence-electron chi connectivity index (χ3n) is 4.70. The number of fused-ring (bicyclic) bond motifs is 1. The molecule has 2 aliphatic rings. The second kappa shape index (κ2) is 6.25. The fraction of sp³-hybridized carbons (Fsp3) is 0.500. The van der Waals surface area contributed by atoms with E-state index in [2.05, 4.69) is 10.1 Å². The lowest BCUT2D eigenvalue weighted by Crippen LogP contribution is -2.54. The van der Waals surface area contributed by atoms with Gasteiger partial charge in [0.1, 0.15) is 18.0 Å². The number of likely N-dealkylation sites (tertiary alicyclic amines) is 1. The van der Waals surface area contributed by atoms with Crippen molar-refractivity contribution in [2.24, 2.45) is 0 Å². The number of hydrogen-bond donors (Lipinski definition) is 0. The first-order valence-electron chi connectivity index (χ1n) is 8.25. The molecule has 2 aliphatic heterocycles. The van der Waals surface area contributed by atoms with Crippen LogP contribution in [0, 0.1) is 0 Å². The molecular weight excluding hydrogens is 349 g/mol. The number of alkyl halides is 1. The lowest BCUT2D eigenvalue weighted by molar-refractivity contribution is -0.142. The van der Waals surface area contributed by atoms with Crippen molar-refractivity contribution in [2.45, 2.75) is 38.0 Å². The minimum Gasteiger partial charge on any atom is -0.335 e. The summed E-state index contributed by atoms with van der Waals surface area (Å²) in [5.74, 6) is 0.381. The molecule has 4 rings (SSSR count). The van der Waals surface area contributed by atoms with Gasteiger partial charge < -0.3 is 4.90 Å². The fourth-order valence-electron chi connectivity index (χ4n) is 3.36. The molecule has 0 unspecified atom stereocenters. The van der Waals surface area contributed by atoms with E-state index in [9.17, 15) is 14.0 Å². The molecule has 0 radical (unpaired) electrons. The number of nitrogens with zero attached hydrogens (tertiary/aromatic N) is 5. The quantitative estimate of drug-likeness (QED) is 0.819. The van der Waals surface area contributed by atoms with Crippen LogP contribution < -0.4 is 5.69 Å². The lowest BCUT2D eigenvalue weighted by Gasteiger charge is -2.37. The zero-order valence-corrected chi connectivity index (χ0v) is 14.2.